The van der Waals surface area contributed by atoms with Crippen molar-refractivity contribution in [3.8, 4) is 5.75 Å². The summed E-state index contributed by atoms with van der Waals surface area (Å²) in [6.45, 7) is 11.6. The van der Waals surface area contributed by atoms with E-state index in [-0.39, 0.29) is 0 Å². The minimum atomic E-state index is 0.321. The van der Waals surface area contributed by atoms with Crippen LogP contribution in [0.1, 0.15) is 32.4 Å². The van der Waals surface area contributed by atoms with Crippen LogP contribution in [-0.4, -0.2) is 50.4 Å². The predicted molar refractivity (Wildman–Crippen MR) is 85.9 cm³/mol. The standard InChI is InChI=1S/C17H28N2O2/c1-4-18-17-14-9-7-8-10-16(14)21-13-15(17)19(5-2)11-12-20-6-3/h7-10,15,17-18H,4-6,11-13H2,1-3H3. The Morgan fingerprint density at radius 3 is 2.81 bits per heavy atom. The van der Waals surface area contributed by atoms with Gasteiger partial charge in [0.15, 0.2) is 0 Å². The second kappa shape index (κ2) is 8.37. The van der Waals surface area contributed by atoms with E-state index in [1.807, 2.05) is 13.0 Å². The van der Waals surface area contributed by atoms with E-state index < -0.39 is 0 Å². The van der Waals surface area contributed by atoms with Crippen LogP contribution in [0.4, 0.5) is 0 Å². The third kappa shape index (κ3) is 3.96. The number of para-hydroxylation sites is 1. The molecule has 0 fully saturated rings. The van der Waals surface area contributed by atoms with Gasteiger partial charge in [0.1, 0.15) is 12.4 Å². The number of ether oxygens (including phenoxy) is 2. The number of fused-ring (bicyclic) bond motifs is 1. The van der Waals surface area contributed by atoms with Gasteiger partial charge in [-0.05, 0) is 26.1 Å². The van der Waals surface area contributed by atoms with Crippen LogP contribution < -0.4 is 10.1 Å². The molecule has 2 atom stereocenters. The van der Waals surface area contributed by atoms with E-state index in [9.17, 15) is 0 Å². The molecule has 118 valence electrons. The van der Waals surface area contributed by atoms with Crippen LogP contribution >= 0.6 is 0 Å². The summed E-state index contributed by atoms with van der Waals surface area (Å²) >= 11 is 0. The second-order valence-electron chi connectivity index (χ2n) is 5.28. The number of hydrogen-bond donors (Lipinski definition) is 1. The van der Waals surface area contributed by atoms with Crippen LogP contribution in [0.2, 0.25) is 0 Å². The maximum absolute atomic E-state index is 5.98. The maximum Gasteiger partial charge on any atom is 0.124 e. The Kier molecular flexibility index (Phi) is 6.49. The Balaban J connectivity index is 2.14. The number of nitrogens with zero attached hydrogens (tertiary/aromatic N) is 1. The number of nitrogens with one attached hydrogen (secondary N) is 1. The van der Waals surface area contributed by atoms with Crippen molar-refractivity contribution in [3.05, 3.63) is 29.8 Å². The summed E-state index contributed by atoms with van der Waals surface area (Å²) < 4.78 is 11.5. The highest BCUT2D eigenvalue weighted by Gasteiger charge is 2.33. The minimum absolute atomic E-state index is 0.321. The molecule has 1 aliphatic rings. The van der Waals surface area contributed by atoms with E-state index in [2.05, 4.69) is 42.3 Å². The molecule has 1 heterocycles. The lowest BCUT2D eigenvalue weighted by atomic mass is 9.95. The molecule has 0 radical (unpaired) electrons. The van der Waals surface area contributed by atoms with Gasteiger partial charge in [-0.1, -0.05) is 32.0 Å². The second-order valence-corrected chi connectivity index (χ2v) is 5.28. The maximum atomic E-state index is 5.98. The first kappa shape index (κ1) is 16.3. The first-order valence-electron chi connectivity index (χ1n) is 8.08. The van der Waals surface area contributed by atoms with Gasteiger partial charge in [0.25, 0.3) is 0 Å². The van der Waals surface area contributed by atoms with Crippen LogP contribution in [0.25, 0.3) is 0 Å². The van der Waals surface area contributed by atoms with E-state index in [0.29, 0.717) is 12.1 Å². The van der Waals surface area contributed by atoms with Gasteiger partial charge in [-0.15, -0.1) is 0 Å². The predicted octanol–water partition coefficient (Wildman–Crippen LogP) is 2.46. The lowest BCUT2D eigenvalue weighted by Crippen LogP contribution is -2.51. The van der Waals surface area contributed by atoms with E-state index in [1.54, 1.807) is 0 Å². The summed E-state index contributed by atoms with van der Waals surface area (Å²) in [6.07, 6.45) is 0. The van der Waals surface area contributed by atoms with Gasteiger partial charge >= 0.3 is 0 Å². The summed E-state index contributed by atoms with van der Waals surface area (Å²) in [4.78, 5) is 2.46. The minimum Gasteiger partial charge on any atom is -0.492 e. The average Bonchev–Trinajstić information content (AvgIpc) is 2.53. The van der Waals surface area contributed by atoms with Crippen LogP contribution in [0.5, 0.6) is 5.75 Å². The Labute approximate surface area is 128 Å². The highest BCUT2D eigenvalue weighted by Crippen LogP contribution is 2.33. The fraction of sp³-hybridized carbons (Fsp3) is 0.647. The van der Waals surface area contributed by atoms with Gasteiger partial charge in [-0.2, -0.15) is 0 Å². The highest BCUT2D eigenvalue weighted by atomic mass is 16.5. The van der Waals surface area contributed by atoms with Gasteiger partial charge in [0.05, 0.1) is 18.7 Å². The molecule has 1 aliphatic heterocycles. The van der Waals surface area contributed by atoms with E-state index in [0.717, 1.165) is 45.2 Å². The Morgan fingerprint density at radius 1 is 1.29 bits per heavy atom. The zero-order chi connectivity index (χ0) is 15.1. The van der Waals surface area contributed by atoms with Crippen molar-refractivity contribution in [3.63, 3.8) is 0 Å². The number of rotatable bonds is 8. The fourth-order valence-corrected chi connectivity index (χ4v) is 3.01. The Hall–Kier alpha value is -1.10. The van der Waals surface area contributed by atoms with E-state index in [4.69, 9.17) is 9.47 Å². The van der Waals surface area contributed by atoms with E-state index in [1.165, 1.54) is 5.56 Å². The molecule has 0 saturated heterocycles. The Morgan fingerprint density at radius 2 is 2.10 bits per heavy atom. The van der Waals surface area contributed by atoms with Crippen molar-refractivity contribution in [2.45, 2.75) is 32.9 Å². The lowest BCUT2D eigenvalue weighted by molar-refractivity contribution is 0.0548. The summed E-state index contributed by atoms with van der Waals surface area (Å²) in [6, 6.07) is 9.03. The summed E-state index contributed by atoms with van der Waals surface area (Å²) in [5, 5.41) is 3.63. The number of benzene rings is 1. The van der Waals surface area contributed by atoms with Gasteiger partial charge in [-0.3, -0.25) is 4.90 Å². The molecule has 2 unspecified atom stereocenters. The van der Waals surface area contributed by atoms with Crippen molar-refractivity contribution < 1.29 is 9.47 Å². The topological polar surface area (TPSA) is 33.7 Å². The SMILES string of the molecule is CCNC1c2ccccc2OCC1N(CC)CCOCC. The summed E-state index contributed by atoms with van der Waals surface area (Å²) in [5.74, 6) is 1.01. The van der Waals surface area contributed by atoms with Crippen molar-refractivity contribution in [2.75, 3.05) is 39.5 Å². The largest absolute Gasteiger partial charge is 0.492 e. The molecule has 1 aromatic carbocycles. The molecular weight excluding hydrogens is 264 g/mol. The average molecular weight is 292 g/mol. The van der Waals surface area contributed by atoms with Crippen LogP contribution in [0.3, 0.4) is 0 Å². The smallest absolute Gasteiger partial charge is 0.124 e. The molecule has 4 heteroatoms. The monoisotopic (exact) mass is 292 g/mol. The normalized spacial score (nSPS) is 21.1. The molecule has 4 nitrogen and oxygen atoms in total. The molecule has 1 aromatic rings. The van der Waals surface area contributed by atoms with Gasteiger partial charge in [0.2, 0.25) is 0 Å². The Bertz CT molecular complexity index is 425. The van der Waals surface area contributed by atoms with Crippen LogP contribution in [0.15, 0.2) is 24.3 Å². The van der Waals surface area contributed by atoms with Crippen LogP contribution in [0, 0.1) is 0 Å². The fourth-order valence-electron chi connectivity index (χ4n) is 3.01. The van der Waals surface area contributed by atoms with Gasteiger partial charge in [-0.25, -0.2) is 0 Å². The molecule has 1 N–H and O–H groups in total. The third-order valence-electron chi connectivity index (χ3n) is 4.07. The quantitative estimate of drug-likeness (QED) is 0.746. The first-order valence-corrected chi connectivity index (χ1v) is 8.08. The van der Waals surface area contributed by atoms with Gasteiger partial charge < -0.3 is 14.8 Å². The number of hydrogen-bond acceptors (Lipinski definition) is 4. The van der Waals surface area contributed by atoms with Crippen molar-refractivity contribution in [2.24, 2.45) is 0 Å². The van der Waals surface area contributed by atoms with Crippen molar-refractivity contribution in [1.82, 2.24) is 10.2 Å². The van der Waals surface area contributed by atoms with Crippen LogP contribution in [-0.2, 0) is 4.74 Å². The summed E-state index contributed by atoms with van der Waals surface area (Å²) in [7, 11) is 0. The molecule has 0 aromatic heterocycles. The molecule has 2 rings (SSSR count). The van der Waals surface area contributed by atoms with Gasteiger partial charge in [0, 0.05) is 18.7 Å². The molecule has 21 heavy (non-hydrogen) atoms. The first-order chi connectivity index (χ1) is 10.3. The van der Waals surface area contributed by atoms with Crippen molar-refractivity contribution >= 4 is 0 Å². The highest BCUT2D eigenvalue weighted by molar-refractivity contribution is 5.38. The zero-order valence-electron chi connectivity index (χ0n) is 13.5. The molecule has 0 saturated carbocycles. The lowest BCUT2D eigenvalue weighted by Gasteiger charge is -2.40. The van der Waals surface area contributed by atoms with E-state index >= 15 is 0 Å². The molecule has 0 amide bonds. The molecule has 0 aliphatic carbocycles. The number of likely N-dealkylation sites (N-methyl/N-ethyl adjacent to an activating group) is 2. The summed E-state index contributed by atoms with van der Waals surface area (Å²) in [5.41, 5.74) is 1.27. The zero-order valence-corrected chi connectivity index (χ0v) is 13.5. The molecular formula is C17H28N2O2. The third-order valence-corrected chi connectivity index (χ3v) is 4.07. The molecule has 0 bridgehead atoms. The molecule has 0 spiro atoms. The van der Waals surface area contributed by atoms with Crippen molar-refractivity contribution in [1.29, 1.82) is 0 Å².